The lowest BCUT2D eigenvalue weighted by Gasteiger charge is -2.12. The molecule has 0 saturated carbocycles. The van der Waals surface area contributed by atoms with E-state index in [0.717, 1.165) is 22.4 Å². The van der Waals surface area contributed by atoms with Crippen molar-refractivity contribution in [1.82, 2.24) is 14.7 Å². The van der Waals surface area contributed by atoms with E-state index in [0.29, 0.717) is 16.9 Å². The summed E-state index contributed by atoms with van der Waals surface area (Å²) in [5.41, 5.74) is 4.50. The van der Waals surface area contributed by atoms with Crippen LogP contribution in [0.25, 0.3) is 28.0 Å². The lowest BCUT2D eigenvalue weighted by molar-refractivity contribution is -0.114. The average molecular weight is 432 g/mol. The Morgan fingerprint density at radius 3 is 2.56 bits per heavy atom. The summed E-state index contributed by atoms with van der Waals surface area (Å²) in [5, 5.41) is 14.4. The summed E-state index contributed by atoms with van der Waals surface area (Å²) in [5.74, 6) is -0.871. The first-order valence-corrected chi connectivity index (χ1v) is 10.0. The van der Waals surface area contributed by atoms with Crippen molar-refractivity contribution in [2.75, 3.05) is 18.5 Å². The molecule has 2 aromatic heterocycles. The van der Waals surface area contributed by atoms with E-state index in [1.54, 1.807) is 42.6 Å². The zero-order chi connectivity index (χ0) is 22.7. The number of carbonyl (C=O) groups excluding carboxylic acids is 2. The van der Waals surface area contributed by atoms with E-state index in [9.17, 15) is 14.0 Å². The number of fused-ring (bicyclic) bond motifs is 1. The van der Waals surface area contributed by atoms with Gasteiger partial charge >= 0.3 is 0 Å². The van der Waals surface area contributed by atoms with Crippen LogP contribution in [0, 0.1) is 5.82 Å². The fourth-order valence-corrected chi connectivity index (χ4v) is 3.47. The van der Waals surface area contributed by atoms with Gasteiger partial charge in [0, 0.05) is 36.4 Å². The molecule has 2 amide bonds. The number of benzene rings is 2. The van der Waals surface area contributed by atoms with E-state index < -0.39 is 0 Å². The lowest BCUT2D eigenvalue weighted by atomic mass is 10.0. The number of nitrogens with one attached hydrogen (secondary N) is 2. The SMILES string of the molecule is CC(=O)Nc1cc(-c2cccc(C(=O)NCCO)c2)cn2c(-c3ccc(F)cc3)cnc12. The summed E-state index contributed by atoms with van der Waals surface area (Å²) in [6, 6.07) is 14.9. The van der Waals surface area contributed by atoms with Crippen LogP contribution >= 0.6 is 0 Å². The Morgan fingerprint density at radius 1 is 1.06 bits per heavy atom. The van der Waals surface area contributed by atoms with Crippen molar-refractivity contribution in [3.8, 4) is 22.4 Å². The van der Waals surface area contributed by atoms with Gasteiger partial charge in [-0.2, -0.15) is 0 Å². The van der Waals surface area contributed by atoms with Crippen molar-refractivity contribution in [3.05, 3.63) is 78.4 Å². The van der Waals surface area contributed by atoms with Crippen molar-refractivity contribution in [2.45, 2.75) is 6.92 Å². The number of halogens is 1. The van der Waals surface area contributed by atoms with Crippen LogP contribution in [0.15, 0.2) is 67.0 Å². The zero-order valence-electron chi connectivity index (χ0n) is 17.3. The van der Waals surface area contributed by atoms with Gasteiger partial charge in [-0.05, 0) is 48.0 Å². The minimum absolute atomic E-state index is 0.144. The Kier molecular flexibility index (Phi) is 5.96. The number of imidazole rings is 1. The molecule has 0 aliphatic rings. The fraction of sp³-hybridized carbons (Fsp3) is 0.125. The molecule has 0 fully saturated rings. The Balaban J connectivity index is 1.84. The van der Waals surface area contributed by atoms with E-state index in [1.165, 1.54) is 19.1 Å². The first-order chi connectivity index (χ1) is 15.5. The molecule has 162 valence electrons. The summed E-state index contributed by atoms with van der Waals surface area (Å²) in [6.45, 7) is 1.44. The quantitative estimate of drug-likeness (QED) is 0.435. The van der Waals surface area contributed by atoms with Crippen molar-refractivity contribution in [1.29, 1.82) is 0 Å². The van der Waals surface area contributed by atoms with Gasteiger partial charge in [0.2, 0.25) is 5.91 Å². The molecule has 7 nitrogen and oxygen atoms in total. The molecule has 3 N–H and O–H groups in total. The Morgan fingerprint density at radius 2 is 1.84 bits per heavy atom. The summed E-state index contributed by atoms with van der Waals surface area (Å²) in [6.07, 6.45) is 3.52. The number of amides is 2. The maximum Gasteiger partial charge on any atom is 0.251 e. The van der Waals surface area contributed by atoms with Crippen molar-refractivity contribution in [3.63, 3.8) is 0 Å². The molecule has 0 spiro atoms. The molecule has 2 aromatic carbocycles. The number of hydrogen-bond donors (Lipinski definition) is 3. The molecule has 4 rings (SSSR count). The number of nitrogens with zero attached hydrogens (tertiary/aromatic N) is 2. The number of pyridine rings is 1. The molecule has 0 unspecified atom stereocenters. The van der Waals surface area contributed by atoms with Crippen molar-refractivity contribution < 1.29 is 19.1 Å². The van der Waals surface area contributed by atoms with Crippen LogP contribution in [-0.2, 0) is 4.79 Å². The first kappa shape index (κ1) is 21.2. The number of hydrogen-bond acceptors (Lipinski definition) is 4. The highest BCUT2D eigenvalue weighted by Crippen LogP contribution is 2.30. The number of aliphatic hydroxyl groups excluding tert-OH is 1. The van der Waals surface area contributed by atoms with Crippen molar-refractivity contribution >= 4 is 23.1 Å². The third-order valence-corrected chi connectivity index (χ3v) is 4.91. The second-order valence-electron chi connectivity index (χ2n) is 7.23. The second-order valence-corrected chi connectivity index (χ2v) is 7.23. The molecule has 0 bridgehead atoms. The molecule has 0 aliphatic heterocycles. The van der Waals surface area contributed by atoms with Gasteiger partial charge in [-0.15, -0.1) is 0 Å². The maximum atomic E-state index is 13.4. The minimum Gasteiger partial charge on any atom is -0.395 e. The van der Waals surface area contributed by atoms with Gasteiger partial charge in [0.05, 0.1) is 24.2 Å². The Hall–Kier alpha value is -4.04. The summed E-state index contributed by atoms with van der Waals surface area (Å²) >= 11 is 0. The number of carbonyl (C=O) groups is 2. The number of anilines is 1. The van der Waals surface area contributed by atoms with Gasteiger partial charge in [-0.25, -0.2) is 9.37 Å². The topological polar surface area (TPSA) is 95.7 Å². The molecular formula is C24H21FN4O3. The zero-order valence-corrected chi connectivity index (χ0v) is 17.3. The molecule has 2 heterocycles. The summed E-state index contributed by atoms with van der Waals surface area (Å²) in [7, 11) is 0. The van der Waals surface area contributed by atoms with Crippen LogP contribution in [0.5, 0.6) is 0 Å². The first-order valence-electron chi connectivity index (χ1n) is 10.0. The monoisotopic (exact) mass is 432 g/mol. The fourth-order valence-electron chi connectivity index (χ4n) is 3.47. The van der Waals surface area contributed by atoms with E-state index in [4.69, 9.17) is 5.11 Å². The van der Waals surface area contributed by atoms with Crippen molar-refractivity contribution in [2.24, 2.45) is 0 Å². The van der Waals surface area contributed by atoms with Crippen LogP contribution in [0.4, 0.5) is 10.1 Å². The minimum atomic E-state index is -0.335. The van der Waals surface area contributed by atoms with E-state index in [2.05, 4.69) is 15.6 Å². The van der Waals surface area contributed by atoms with Gasteiger partial charge in [0.1, 0.15) is 5.82 Å². The molecule has 0 radical (unpaired) electrons. The van der Waals surface area contributed by atoms with Gasteiger partial charge in [0.25, 0.3) is 5.91 Å². The highest BCUT2D eigenvalue weighted by Gasteiger charge is 2.14. The van der Waals surface area contributed by atoms with E-state index >= 15 is 0 Å². The predicted molar refractivity (Wildman–Crippen MR) is 120 cm³/mol. The number of aromatic nitrogens is 2. The van der Waals surface area contributed by atoms with Gasteiger partial charge < -0.3 is 15.7 Å². The summed E-state index contributed by atoms with van der Waals surface area (Å²) < 4.78 is 15.2. The molecule has 0 atom stereocenters. The molecule has 4 aromatic rings. The largest absolute Gasteiger partial charge is 0.395 e. The van der Waals surface area contributed by atoms with Crippen LogP contribution in [0.1, 0.15) is 17.3 Å². The molecule has 0 aliphatic carbocycles. The van der Waals surface area contributed by atoms with Crippen LogP contribution in [0.3, 0.4) is 0 Å². The molecule has 32 heavy (non-hydrogen) atoms. The van der Waals surface area contributed by atoms with Gasteiger partial charge in [-0.3, -0.25) is 14.0 Å². The van der Waals surface area contributed by atoms with Gasteiger partial charge in [0.15, 0.2) is 5.65 Å². The smallest absolute Gasteiger partial charge is 0.251 e. The normalized spacial score (nSPS) is 10.8. The third-order valence-electron chi connectivity index (χ3n) is 4.91. The number of rotatable bonds is 6. The predicted octanol–water partition coefficient (Wildman–Crippen LogP) is 3.49. The standard InChI is InChI=1S/C24H21FN4O3/c1-15(31)28-21-12-19(17-3-2-4-18(11-17)24(32)26-9-10-30)14-29-22(13-27-23(21)29)16-5-7-20(25)8-6-16/h2-8,11-14,30H,9-10H2,1H3,(H,26,32)(H,28,31). The molecular weight excluding hydrogens is 411 g/mol. The lowest BCUT2D eigenvalue weighted by Crippen LogP contribution is -2.26. The van der Waals surface area contributed by atoms with E-state index in [1.807, 2.05) is 16.7 Å². The van der Waals surface area contributed by atoms with Crippen LogP contribution < -0.4 is 10.6 Å². The third kappa shape index (κ3) is 4.35. The van der Waals surface area contributed by atoms with E-state index in [-0.39, 0.29) is 30.8 Å². The number of aliphatic hydroxyl groups is 1. The van der Waals surface area contributed by atoms with Gasteiger partial charge in [-0.1, -0.05) is 12.1 Å². The summed E-state index contributed by atoms with van der Waals surface area (Å²) in [4.78, 5) is 28.6. The van der Waals surface area contributed by atoms with Crippen LogP contribution in [0.2, 0.25) is 0 Å². The van der Waals surface area contributed by atoms with Crippen LogP contribution in [-0.4, -0.2) is 39.5 Å². The average Bonchev–Trinajstić information content (AvgIpc) is 3.22. The second kappa shape index (κ2) is 8.99. The maximum absolute atomic E-state index is 13.4. The molecule has 0 saturated heterocycles. The Labute approximate surface area is 183 Å². The molecule has 8 heteroatoms. The highest BCUT2D eigenvalue weighted by atomic mass is 19.1. The Bertz CT molecular complexity index is 1300. The highest BCUT2D eigenvalue weighted by molar-refractivity contribution is 5.97.